The summed E-state index contributed by atoms with van der Waals surface area (Å²) < 4.78 is 1.05. The van der Waals surface area contributed by atoms with Crippen LogP contribution in [0.15, 0.2) is 18.2 Å². The van der Waals surface area contributed by atoms with E-state index >= 15 is 0 Å². The lowest BCUT2D eigenvalue weighted by atomic mass is 9.82. The highest BCUT2D eigenvalue weighted by Crippen LogP contribution is 2.30. The number of carboxylic acid groups (broad SMARTS) is 1. The summed E-state index contributed by atoms with van der Waals surface area (Å²) in [5, 5.41) is 9.31. The topological polar surface area (TPSA) is 57.6 Å². The maximum Gasteiger partial charge on any atom is 0.311 e. The van der Waals surface area contributed by atoms with Crippen molar-refractivity contribution in [2.24, 2.45) is 5.41 Å². The molecule has 5 heteroatoms. The minimum Gasteiger partial charge on any atom is -0.481 e. The van der Waals surface area contributed by atoms with Crippen molar-refractivity contribution in [1.82, 2.24) is 4.90 Å². The smallest absolute Gasteiger partial charge is 0.311 e. The summed E-state index contributed by atoms with van der Waals surface area (Å²) in [6, 6.07) is 5.60. The van der Waals surface area contributed by atoms with Crippen LogP contribution in [0.25, 0.3) is 0 Å². The number of carbonyl (C=O) groups is 2. The molecule has 1 aliphatic heterocycles. The van der Waals surface area contributed by atoms with Gasteiger partial charge in [0.15, 0.2) is 0 Å². The predicted octanol–water partition coefficient (Wildman–Crippen LogP) is 2.93. The van der Waals surface area contributed by atoms with Crippen LogP contribution in [0.5, 0.6) is 0 Å². The van der Waals surface area contributed by atoms with Gasteiger partial charge in [-0.25, -0.2) is 0 Å². The fraction of sp³-hybridized carbons (Fsp3) is 0.467. The summed E-state index contributed by atoms with van der Waals surface area (Å²) in [6.45, 7) is 4.63. The molecule has 0 saturated carbocycles. The molecule has 1 saturated heterocycles. The van der Waals surface area contributed by atoms with E-state index in [4.69, 9.17) is 0 Å². The van der Waals surface area contributed by atoms with E-state index in [-0.39, 0.29) is 12.5 Å². The van der Waals surface area contributed by atoms with E-state index in [2.05, 4.69) is 22.6 Å². The SMILES string of the molecule is Cc1ccc(C(=O)N2CCCC(C)(C(=O)O)C2)cc1I. The Labute approximate surface area is 132 Å². The Morgan fingerprint density at radius 2 is 2.10 bits per heavy atom. The fourth-order valence-electron chi connectivity index (χ4n) is 2.50. The highest BCUT2D eigenvalue weighted by atomic mass is 127. The molecular formula is C15H18INO3. The van der Waals surface area contributed by atoms with Crippen LogP contribution >= 0.6 is 22.6 Å². The average molecular weight is 387 g/mol. The Kier molecular flexibility index (Phi) is 4.36. The Balaban J connectivity index is 2.20. The number of rotatable bonds is 2. The molecule has 108 valence electrons. The second-order valence-corrected chi connectivity index (χ2v) is 6.82. The molecule has 1 aromatic rings. The predicted molar refractivity (Wildman–Crippen MR) is 84.8 cm³/mol. The molecule has 0 bridgehead atoms. The number of carboxylic acids is 1. The van der Waals surface area contributed by atoms with Crippen LogP contribution in [0.4, 0.5) is 0 Å². The summed E-state index contributed by atoms with van der Waals surface area (Å²) in [7, 11) is 0. The van der Waals surface area contributed by atoms with Gasteiger partial charge in [0.1, 0.15) is 0 Å². The van der Waals surface area contributed by atoms with Gasteiger partial charge in [0, 0.05) is 22.2 Å². The molecule has 20 heavy (non-hydrogen) atoms. The first-order valence-electron chi connectivity index (χ1n) is 6.62. The second kappa shape index (κ2) is 5.71. The van der Waals surface area contributed by atoms with Gasteiger partial charge >= 0.3 is 5.97 Å². The molecule has 1 aliphatic rings. The molecule has 1 unspecified atom stereocenters. The number of carbonyl (C=O) groups excluding carboxylic acids is 1. The lowest BCUT2D eigenvalue weighted by molar-refractivity contribution is -0.150. The van der Waals surface area contributed by atoms with Crippen molar-refractivity contribution in [1.29, 1.82) is 0 Å². The number of benzene rings is 1. The Morgan fingerprint density at radius 1 is 1.40 bits per heavy atom. The van der Waals surface area contributed by atoms with Crippen LogP contribution in [0.2, 0.25) is 0 Å². The van der Waals surface area contributed by atoms with Crippen LogP contribution < -0.4 is 0 Å². The molecule has 1 fully saturated rings. The van der Waals surface area contributed by atoms with E-state index in [9.17, 15) is 14.7 Å². The lowest BCUT2D eigenvalue weighted by Gasteiger charge is -2.37. The normalized spacial score (nSPS) is 22.6. The number of aliphatic carboxylic acids is 1. The quantitative estimate of drug-likeness (QED) is 0.794. The molecule has 4 nitrogen and oxygen atoms in total. The molecular weight excluding hydrogens is 369 g/mol. The Bertz CT molecular complexity index is 558. The van der Waals surface area contributed by atoms with Crippen molar-refractivity contribution in [3.8, 4) is 0 Å². The van der Waals surface area contributed by atoms with Gasteiger partial charge in [-0.2, -0.15) is 0 Å². The average Bonchev–Trinajstić information content (AvgIpc) is 2.41. The number of halogens is 1. The molecule has 0 aliphatic carbocycles. The lowest BCUT2D eigenvalue weighted by Crippen LogP contribution is -2.48. The molecule has 0 aromatic heterocycles. The highest BCUT2D eigenvalue weighted by Gasteiger charge is 2.39. The zero-order chi connectivity index (χ0) is 14.9. The zero-order valence-electron chi connectivity index (χ0n) is 11.6. The number of hydrogen-bond donors (Lipinski definition) is 1. The van der Waals surface area contributed by atoms with Crippen LogP contribution in [0, 0.1) is 15.9 Å². The van der Waals surface area contributed by atoms with Crippen molar-refractivity contribution in [3.05, 3.63) is 32.9 Å². The van der Waals surface area contributed by atoms with Crippen molar-refractivity contribution in [2.75, 3.05) is 13.1 Å². The Hall–Kier alpha value is -1.11. The first-order chi connectivity index (χ1) is 9.33. The molecule has 1 amide bonds. The van der Waals surface area contributed by atoms with Crippen molar-refractivity contribution < 1.29 is 14.7 Å². The minimum atomic E-state index is -0.828. The minimum absolute atomic E-state index is 0.0740. The van der Waals surface area contributed by atoms with Gasteiger partial charge in [0.05, 0.1) is 5.41 Å². The molecule has 0 radical (unpaired) electrons. The second-order valence-electron chi connectivity index (χ2n) is 5.66. The van der Waals surface area contributed by atoms with Gasteiger partial charge in [-0.05, 0) is 67.0 Å². The van der Waals surface area contributed by atoms with Gasteiger partial charge in [-0.15, -0.1) is 0 Å². The molecule has 2 rings (SSSR count). The van der Waals surface area contributed by atoms with Gasteiger partial charge in [0.2, 0.25) is 0 Å². The van der Waals surface area contributed by atoms with Crippen LogP contribution in [0.1, 0.15) is 35.7 Å². The monoisotopic (exact) mass is 387 g/mol. The van der Waals surface area contributed by atoms with Gasteiger partial charge in [-0.3, -0.25) is 9.59 Å². The van der Waals surface area contributed by atoms with Crippen LogP contribution in [-0.2, 0) is 4.79 Å². The number of hydrogen-bond acceptors (Lipinski definition) is 2. The van der Waals surface area contributed by atoms with Crippen LogP contribution in [-0.4, -0.2) is 35.0 Å². The molecule has 1 atom stereocenters. The van der Waals surface area contributed by atoms with Gasteiger partial charge in [0.25, 0.3) is 5.91 Å². The van der Waals surface area contributed by atoms with Crippen molar-refractivity contribution in [2.45, 2.75) is 26.7 Å². The molecule has 1 heterocycles. The van der Waals surface area contributed by atoms with E-state index in [1.54, 1.807) is 11.8 Å². The summed E-state index contributed by atoms with van der Waals surface area (Å²) in [6.07, 6.45) is 1.36. The summed E-state index contributed by atoms with van der Waals surface area (Å²) in [5.74, 6) is -0.899. The standard InChI is InChI=1S/C15H18INO3/c1-10-4-5-11(8-12(10)16)13(18)17-7-3-6-15(2,9-17)14(19)20/h4-5,8H,3,6-7,9H2,1-2H3,(H,19,20). The Morgan fingerprint density at radius 3 is 2.70 bits per heavy atom. The first kappa shape index (κ1) is 15.3. The number of amides is 1. The maximum absolute atomic E-state index is 12.5. The van der Waals surface area contributed by atoms with E-state index in [1.807, 2.05) is 25.1 Å². The van der Waals surface area contributed by atoms with Gasteiger partial charge < -0.3 is 10.0 Å². The number of nitrogens with zero attached hydrogens (tertiary/aromatic N) is 1. The highest BCUT2D eigenvalue weighted by molar-refractivity contribution is 14.1. The largest absolute Gasteiger partial charge is 0.481 e. The number of likely N-dealkylation sites (tertiary alicyclic amines) is 1. The third kappa shape index (κ3) is 2.97. The van der Waals surface area contributed by atoms with Crippen molar-refractivity contribution >= 4 is 34.5 Å². The van der Waals surface area contributed by atoms with Crippen LogP contribution in [0.3, 0.4) is 0 Å². The van der Waals surface area contributed by atoms with E-state index < -0.39 is 11.4 Å². The third-order valence-corrected chi connectivity index (χ3v) is 5.08. The van der Waals surface area contributed by atoms with Crippen molar-refractivity contribution in [3.63, 3.8) is 0 Å². The molecule has 0 spiro atoms. The van der Waals surface area contributed by atoms with E-state index in [1.165, 1.54) is 0 Å². The van der Waals surface area contributed by atoms with E-state index in [0.717, 1.165) is 15.6 Å². The third-order valence-electron chi connectivity index (χ3n) is 3.92. The number of aryl methyl sites for hydroxylation is 1. The summed E-state index contributed by atoms with van der Waals surface area (Å²) >= 11 is 2.21. The maximum atomic E-state index is 12.5. The summed E-state index contributed by atoms with van der Waals surface area (Å²) in [5.41, 5.74) is 0.942. The molecule has 1 N–H and O–H groups in total. The molecule has 1 aromatic carbocycles. The fourth-order valence-corrected chi connectivity index (χ4v) is 3.01. The summed E-state index contributed by atoms with van der Waals surface area (Å²) in [4.78, 5) is 25.5. The number of piperidine rings is 1. The first-order valence-corrected chi connectivity index (χ1v) is 7.70. The van der Waals surface area contributed by atoms with Gasteiger partial charge in [-0.1, -0.05) is 6.07 Å². The van der Waals surface area contributed by atoms with E-state index in [0.29, 0.717) is 18.5 Å². The zero-order valence-corrected chi connectivity index (χ0v) is 13.8.